The van der Waals surface area contributed by atoms with Crippen molar-refractivity contribution < 1.29 is 16.8 Å². The van der Waals surface area contributed by atoms with Gasteiger partial charge in [0.05, 0.1) is 17.0 Å². The second-order valence-electron chi connectivity index (χ2n) is 4.15. The van der Waals surface area contributed by atoms with Crippen molar-refractivity contribution in [3.8, 4) is 0 Å². The lowest BCUT2D eigenvalue weighted by Crippen LogP contribution is -2.55. The van der Waals surface area contributed by atoms with Gasteiger partial charge in [0, 0.05) is 6.26 Å². The summed E-state index contributed by atoms with van der Waals surface area (Å²) in [5.41, 5.74) is 4.14. The van der Waals surface area contributed by atoms with Gasteiger partial charge in [0.25, 0.3) is 0 Å². The van der Waals surface area contributed by atoms with Crippen molar-refractivity contribution in [3.05, 3.63) is 0 Å². The Kier molecular flexibility index (Phi) is 5.11. The molecule has 1 atom stereocenters. The fourth-order valence-electron chi connectivity index (χ4n) is 0.973. The summed E-state index contributed by atoms with van der Waals surface area (Å²) in [7, 11) is -7.12. The number of sulfonamides is 1. The number of amidine groups is 1. The summed E-state index contributed by atoms with van der Waals surface area (Å²) < 4.78 is 47.3. The summed E-state index contributed by atoms with van der Waals surface area (Å²) in [4.78, 5) is 0. The Labute approximate surface area is 102 Å². The van der Waals surface area contributed by atoms with Crippen LogP contribution >= 0.6 is 0 Å². The smallest absolute Gasteiger partial charge is 0.213 e. The van der Waals surface area contributed by atoms with Gasteiger partial charge in [-0.2, -0.15) is 0 Å². The minimum atomic E-state index is -3.78. The first-order valence-electron chi connectivity index (χ1n) is 4.96. The van der Waals surface area contributed by atoms with Gasteiger partial charge in [0.15, 0.2) is 0 Å². The van der Waals surface area contributed by atoms with Crippen LogP contribution in [0.1, 0.15) is 20.3 Å². The van der Waals surface area contributed by atoms with Crippen LogP contribution in [0.2, 0.25) is 0 Å². The van der Waals surface area contributed by atoms with Gasteiger partial charge >= 0.3 is 0 Å². The van der Waals surface area contributed by atoms with Crippen LogP contribution in [0.4, 0.5) is 0 Å². The summed E-state index contributed by atoms with van der Waals surface area (Å²) >= 11 is 0. The van der Waals surface area contributed by atoms with Crippen LogP contribution in [0.15, 0.2) is 0 Å². The van der Waals surface area contributed by atoms with Crippen LogP contribution in [-0.2, 0) is 19.9 Å². The maximum absolute atomic E-state index is 11.6. The van der Waals surface area contributed by atoms with Crippen molar-refractivity contribution in [1.82, 2.24) is 4.72 Å². The number of sulfone groups is 1. The number of hydrogen-bond acceptors (Lipinski definition) is 5. The molecule has 1 unspecified atom stereocenters. The van der Waals surface area contributed by atoms with Gasteiger partial charge in [-0.15, -0.1) is 0 Å². The third-order valence-corrected chi connectivity index (χ3v) is 5.11. The summed E-state index contributed by atoms with van der Waals surface area (Å²) in [5.74, 6) is -1.29. The molecule has 0 aromatic heterocycles. The Morgan fingerprint density at radius 2 is 1.76 bits per heavy atom. The number of nitrogens with one attached hydrogen (secondary N) is 2. The lowest BCUT2D eigenvalue weighted by molar-refractivity contribution is 0.505. The third kappa shape index (κ3) is 5.99. The lowest BCUT2D eigenvalue weighted by Gasteiger charge is -2.27. The van der Waals surface area contributed by atoms with E-state index in [1.165, 1.54) is 6.92 Å². The van der Waals surface area contributed by atoms with E-state index in [-0.39, 0.29) is 5.84 Å². The molecule has 0 bridgehead atoms. The fourth-order valence-corrected chi connectivity index (χ4v) is 4.10. The van der Waals surface area contributed by atoms with Crippen molar-refractivity contribution in [3.63, 3.8) is 0 Å². The van der Waals surface area contributed by atoms with Crippen LogP contribution in [0.5, 0.6) is 0 Å². The molecule has 102 valence electrons. The van der Waals surface area contributed by atoms with Crippen molar-refractivity contribution >= 4 is 25.7 Å². The van der Waals surface area contributed by atoms with Crippen LogP contribution in [0.25, 0.3) is 0 Å². The number of nitrogens with two attached hydrogens (primary N) is 1. The predicted molar refractivity (Wildman–Crippen MR) is 67.2 cm³/mol. The maximum Gasteiger partial charge on any atom is 0.213 e. The molecule has 0 aliphatic rings. The first kappa shape index (κ1) is 16.3. The predicted octanol–water partition coefficient (Wildman–Crippen LogP) is -0.945. The van der Waals surface area contributed by atoms with E-state index in [1.54, 1.807) is 6.92 Å². The van der Waals surface area contributed by atoms with Crippen LogP contribution in [0, 0.1) is 5.41 Å². The van der Waals surface area contributed by atoms with Gasteiger partial charge in [-0.25, -0.2) is 21.6 Å². The molecule has 0 aromatic rings. The molecule has 0 aliphatic heterocycles. The molecule has 0 amide bonds. The highest BCUT2D eigenvalue weighted by molar-refractivity contribution is 7.93. The molecule has 0 fully saturated rings. The molecular weight excluding hydrogens is 266 g/mol. The second kappa shape index (κ2) is 5.32. The first-order chi connectivity index (χ1) is 7.42. The quantitative estimate of drug-likeness (QED) is 0.410. The molecule has 0 aromatic carbocycles. The Morgan fingerprint density at radius 1 is 1.29 bits per heavy atom. The van der Waals surface area contributed by atoms with Crippen molar-refractivity contribution in [2.75, 3.05) is 17.8 Å². The van der Waals surface area contributed by atoms with Crippen LogP contribution in [-0.4, -0.2) is 46.0 Å². The van der Waals surface area contributed by atoms with E-state index in [0.717, 1.165) is 6.26 Å². The standard InChI is InChI=1S/C8H19N3O4S2/c1-4-8(2,7(9)10)11-17(14,15)6-5-16(3,12)13/h11H,4-6H2,1-3H3,(H3,9,10). The highest BCUT2D eigenvalue weighted by Crippen LogP contribution is 2.10. The molecule has 17 heavy (non-hydrogen) atoms. The second-order valence-corrected chi connectivity index (χ2v) is 8.25. The first-order valence-corrected chi connectivity index (χ1v) is 8.67. The molecule has 0 spiro atoms. The Balaban J connectivity index is 4.82. The van der Waals surface area contributed by atoms with E-state index >= 15 is 0 Å². The third-order valence-electron chi connectivity index (χ3n) is 2.41. The highest BCUT2D eigenvalue weighted by atomic mass is 32.2. The fraction of sp³-hybridized carbons (Fsp3) is 0.875. The Bertz CT molecular complexity index is 483. The van der Waals surface area contributed by atoms with Gasteiger partial charge in [-0.3, -0.25) is 5.41 Å². The molecule has 4 N–H and O–H groups in total. The number of rotatable bonds is 7. The van der Waals surface area contributed by atoms with Crippen molar-refractivity contribution in [2.45, 2.75) is 25.8 Å². The minimum Gasteiger partial charge on any atom is -0.386 e. The lowest BCUT2D eigenvalue weighted by atomic mass is 10.00. The minimum absolute atomic E-state index is 0.303. The van der Waals surface area contributed by atoms with Gasteiger partial charge in [-0.1, -0.05) is 6.92 Å². The summed E-state index contributed by atoms with van der Waals surface area (Å²) in [6.45, 7) is 3.16. The van der Waals surface area contributed by atoms with Gasteiger partial charge in [0.1, 0.15) is 15.7 Å². The molecule has 0 rings (SSSR count). The van der Waals surface area contributed by atoms with Crippen molar-refractivity contribution in [1.29, 1.82) is 5.41 Å². The molecule has 0 heterocycles. The van der Waals surface area contributed by atoms with Gasteiger partial charge in [-0.05, 0) is 13.3 Å². The molecule has 9 heteroatoms. The molecule has 7 nitrogen and oxygen atoms in total. The van der Waals surface area contributed by atoms with E-state index < -0.39 is 36.9 Å². The Morgan fingerprint density at radius 3 is 2.06 bits per heavy atom. The molecule has 0 saturated carbocycles. The zero-order valence-electron chi connectivity index (χ0n) is 10.1. The van der Waals surface area contributed by atoms with Gasteiger partial charge < -0.3 is 5.73 Å². The topological polar surface area (TPSA) is 130 Å². The van der Waals surface area contributed by atoms with E-state index in [1.807, 2.05) is 0 Å². The monoisotopic (exact) mass is 285 g/mol. The summed E-state index contributed by atoms with van der Waals surface area (Å²) in [6, 6.07) is 0. The zero-order valence-corrected chi connectivity index (χ0v) is 11.8. The normalized spacial score (nSPS) is 16.4. The van der Waals surface area contributed by atoms with E-state index in [2.05, 4.69) is 4.72 Å². The molecule has 0 saturated heterocycles. The van der Waals surface area contributed by atoms with Gasteiger partial charge in [0.2, 0.25) is 10.0 Å². The Hall–Kier alpha value is -0.670. The van der Waals surface area contributed by atoms with E-state index in [4.69, 9.17) is 11.1 Å². The van der Waals surface area contributed by atoms with Crippen molar-refractivity contribution in [2.24, 2.45) is 5.73 Å². The van der Waals surface area contributed by atoms with E-state index in [0.29, 0.717) is 6.42 Å². The summed E-state index contributed by atoms with van der Waals surface area (Å²) in [6.07, 6.45) is 1.27. The highest BCUT2D eigenvalue weighted by Gasteiger charge is 2.31. The largest absolute Gasteiger partial charge is 0.386 e. The average molecular weight is 285 g/mol. The average Bonchev–Trinajstić information content (AvgIpc) is 2.13. The van der Waals surface area contributed by atoms with Crippen LogP contribution in [0.3, 0.4) is 0 Å². The zero-order chi connectivity index (χ0) is 13.9. The molecular formula is C8H19N3O4S2. The molecule has 0 radical (unpaired) electrons. The SMILES string of the molecule is CCC(C)(NS(=O)(=O)CCS(C)(=O)=O)C(=N)N. The molecule has 0 aliphatic carbocycles. The maximum atomic E-state index is 11.6. The van der Waals surface area contributed by atoms with E-state index in [9.17, 15) is 16.8 Å². The number of hydrogen-bond donors (Lipinski definition) is 3. The van der Waals surface area contributed by atoms with Crippen LogP contribution < -0.4 is 10.5 Å². The summed E-state index contributed by atoms with van der Waals surface area (Å²) in [5, 5.41) is 7.32.